The van der Waals surface area contributed by atoms with Crippen molar-refractivity contribution in [3.05, 3.63) is 288 Å². The van der Waals surface area contributed by atoms with Crippen molar-refractivity contribution < 1.29 is 104 Å². The monoisotopic (exact) mass is 1850 g/mol. The molecule has 0 aliphatic carbocycles. The molecule has 0 fully saturated rings. The van der Waals surface area contributed by atoms with Crippen molar-refractivity contribution in [3.8, 4) is 90.8 Å². The smallest absolute Gasteiger partial charge is 0.265 e. The Morgan fingerprint density at radius 2 is 0.339 bits per heavy atom. The van der Waals surface area contributed by atoms with Crippen LogP contribution in [0.1, 0.15) is 211 Å². The average molecular weight is 1850 g/mol. The van der Waals surface area contributed by atoms with Gasteiger partial charge >= 0.3 is 99.5 Å². The quantitative estimate of drug-likeness (QED) is 0.113. The largest absolute Gasteiger partial charge is 3.00 e. The second-order valence-electron chi connectivity index (χ2n) is 37.2. The summed E-state index contributed by atoms with van der Waals surface area (Å²) in [4.78, 5) is 34.9. The fourth-order valence-corrected chi connectivity index (χ4v) is 11.4. The van der Waals surface area contributed by atoms with Crippen molar-refractivity contribution in [3.63, 3.8) is 0 Å². The second kappa shape index (κ2) is 40.3. The molecule has 672 valence electrons. The van der Waals surface area contributed by atoms with Crippen LogP contribution in [-0.4, -0.2) is 39.9 Å². The average Bonchev–Trinajstić information content (AvgIpc) is 0.768. The Morgan fingerprint density at radius 1 is 0.202 bits per heavy atom. The Kier molecular flexibility index (Phi) is 35.3. The normalized spacial score (nSPS) is 12.9. The number of rotatable bonds is 6. The molecule has 0 atom stereocenters. The Balaban J connectivity index is 0.000000442. The maximum Gasteiger partial charge on any atom is 3.00 e. The number of hydrogen-bond acceptors (Lipinski definition) is 12. The molecular formula is C96H112Co2F12N8O4P2. The van der Waals surface area contributed by atoms with Crippen molar-refractivity contribution in [2.24, 2.45) is 0 Å². The van der Waals surface area contributed by atoms with Crippen LogP contribution >= 0.6 is 15.6 Å². The third-order valence-corrected chi connectivity index (χ3v) is 17.9. The summed E-state index contributed by atoms with van der Waals surface area (Å²) in [6.07, 6.45) is 14.0. The molecule has 0 bridgehead atoms. The molecule has 28 heteroatoms. The number of hydrogen-bond donors (Lipinski definition) is 0. The Bertz CT molecular complexity index is 4650. The zero-order valence-corrected chi connectivity index (χ0v) is 78.3. The van der Waals surface area contributed by atoms with Gasteiger partial charge in [-0.05, 0) is 231 Å². The van der Waals surface area contributed by atoms with Crippen LogP contribution in [0.3, 0.4) is 0 Å². The number of nitrogens with zero attached hydrogens (tertiary/aromatic N) is 8. The Hall–Kier alpha value is -9.69. The third kappa shape index (κ3) is 38.4. The molecule has 0 amide bonds. The summed E-state index contributed by atoms with van der Waals surface area (Å²) >= 11 is 0. The van der Waals surface area contributed by atoms with E-state index in [4.69, 9.17) is 19.9 Å². The molecule has 4 aromatic carbocycles. The van der Waals surface area contributed by atoms with E-state index in [-0.39, 0.29) is 99.9 Å². The van der Waals surface area contributed by atoms with Crippen molar-refractivity contribution in [1.82, 2.24) is 39.9 Å². The fourth-order valence-electron chi connectivity index (χ4n) is 11.4. The first kappa shape index (κ1) is 108. The molecule has 0 unspecified atom stereocenters. The first-order valence-electron chi connectivity index (χ1n) is 39.1. The van der Waals surface area contributed by atoms with E-state index < -0.39 is 15.6 Å². The van der Waals surface area contributed by atoms with Gasteiger partial charge in [-0.1, -0.05) is 262 Å². The molecule has 0 spiro atoms. The van der Waals surface area contributed by atoms with Crippen LogP contribution in [0.25, 0.3) is 67.8 Å². The Morgan fingerprint density at radius 3 is 0.444 bits per heavy atom. The molecule has 0 saturated heterocycles. The summed E-state index contributed by atoms with van der Waals surface area (Å²) < 4.78 is 118. The third-order valence-electron chi connectivity index (χ3n) is 17.9. The molecule has 0 aliphatic heterocycles. The van der Waals surface area contributed by atoms with Gasteiger partial charge in [0.15, 0.2) is 0 Å². The van der Waals surface area contributed by atoms with Crippen LogP contribution in [0.5, 0.6) is 23.0 Å². The van der Waals surface area contributed by atoms with E-state index >= 15 is 0 Å². The fraction of sp³-hybridized carbons (Fsp3) is 0.333. The van der Waals surface area contributed by atoms with E-state index in [1.54, 1.807) is 49.6 Å². The standard InChI is InChI=1S/2C38H48N2O2.4C5H5N.2Co.2F6P/c2*1-35(2,3)23-19-25(33(41)27(21-23)37(7,8)9)29-15-13-17-31(39-29)32-18-14-16-30(40-32)26-20-24(36(4,5)6)22-28(34(26)42)38(10,11)12;4*1-2-4-6-5-3-1;;;2*1-7(2,3,4,5)6/h2*13-22,41-42H,1-12H3;4*1-5H;;;;/q;;;;;;2*+3;2*-1/p-4. The van der Waals surface area contributed by atoms with Crippen LogP contribution < -0.4 is 20.4 Å². The van der Waals surface area contributed by atoms with Gasteiger partial charge in [0, 0.05) is 49.6 Å². The maximum atomic E-state index is 13.8. The molecular weight excluding hydrogens is 1740 g/mol. The molecule has 0 radical (unpaired) electrons. The van der Waals surface area contributed by atoms with E-state index in [2.05, 4.69) is 210 Å². The topological polar surface area (TPSA) is 195 Å². The molecule has 124 heavy (non-hydrogen) atoms. The second-order valence-corrected chi connectivity index (χ2v) is 41.1. The van der Waals surface area contributed by atoms with Crippen molar-refractivity contribution in [2.75, 3.05) is 0 Å². The van der Waals surface area contributed by atoms with Crippen LogP contribution in [0.4, 0.5) is 50.4 Å². The van der Waals surface area contributed by atoms with Gasteiger partial charge in [-0.15, -0.1) is 0 Å². The minimum atomic E-state index is -10.7. The predicted octanol–water partition coefficient (Wildman–Crippen LogP) is 28.7. The zero-order chi connectivity index (χ0) is 92.6. The molecule has 0 aliphatic rings. The van der Waals surface area contributed by atoms with Gasteiger partial charge in [0.2, 0.25) is 0 Å². The minimum absolute atomic E-state index is 0. The van der Waals surface area contributed by atoms with Crippen molar-refractivity contribution >= 4 is 15.6 Å². The van der Waals surface area contributed by atoms with Gasteiger partial charge in [0.05, 0.1) is 45.6 Å². The SMILES string of the molecule is CC(C)(C)c1cc(-c2cccc(-c3cccc(-c4cc(C(C)(C)C)cc(C(C)(C)C)c4[O-])n3)n2)c([O-])c(C(C)(C)C)c1.CC(C)(C)c1cc(-c2cccc(-c3cccc(-c4cc(C(C)(C)C)cc(C(C)(C)C)c4[O-])n3)n2)c([O-])c(C(C)(C)C)c1.F[P-](F)(F)(F)(F)F.F[P-](F)(F)(F)(F)F.[Co+3].[Co+3].c1ccncc1.c1ccncc1.c1ccncc1.c1ccncc1. The first-order chi connectivity index (χ1) is 55.2. The Labute approximate surface area is 743 Å². The molecule has 8 aromatic heterocycles. The van der Waals surface area contributed by atoms with Gasteiger partial charge < -0.3 is 20.4 Å². The molecule has 8 heterocycles. The summed E-state index contributed by atoms with van der Waals surface area (Å²) in [5.41, 5.74) is 13.3. The number of aromatic nitrogens is 8. The first-order valence-corrected chi connectivity index (χ1v) is 43.2. The van der Waals surface area contributed by atoms with Crippen LogP contribution in [-0.2, 0) is 76.9 Å². The summed E-state index contributed by atoms with van der Waals surface area (Å²) in [6.45, 7) is 50.8. The molecule has 12 rings (SSSR count). The molecule has 0 N–H and O–H groups in total. The molecule has 0 saturated carbocycles. The molecule has 12 nitrogen and oxygen atoms in total. The maximum absolute atomic E-state index is 13.8. The van der Waals surface area contributed by atoms with E-state index in [1.807, 2.05) is 170 Å². The van der Waals surface area contributed by atoms with E-state index in [1.165, 1.54) is 0 Å². The van der Waals surface area contributed by atoms with Gasteiger partial charge in [-0.25, -0.2) is 19.9 Å². The minimum Gasteiger partial charge on any atom is -0.265 e. The summed E-state index contributed by atoms with van der Waals surface area (Å²) in [5.74, 6) is 0.0243. The van der Waals surface area contributed by atoms with Crippen molar-refractivity contribution in [2.45, 2.75) is 209 Å². The van der Waals surface area contributed by atoms with Gasteiger partial charge in [0.25, 0.3) is 0 Å². The summed E-state index contributed by atoms with van der Waals surface area (Å²) in [5, 5.41) is 55.0. The molecule has 12 aromatic rings. The van der Waals surface area contributed by atoms with E-state index in [9.17, 15) is 70.8 Å². The predicted molar refractivity (Wildman–Crippen MR) is 468 cm³/mol. The van der Waals surface area contributed by atoms with Crippen molar-refractivity contribution in [1.29, 1.82) is 0 Å². The van der Waals surface area contributed by atoms with Gasteiger partial charge in [-0.3, -0.25) is 19.9 Å². The van der Waals surface area contributed by atoms with Gasteiger partial charge in [-0.2, -0.15) is 0 Å². The van der Waals surface area contributed by atoms with Crippen LogP contribution in [0.15, 0.2) is 244 Å². The number of pyridine rings is 8. The van der Waals surface area contributed by atoms with Gasteiger partial charge in [0.1, 0.15) is 0 Å². The summed E-state index contributed by atoms with van der Waals surface area (Å²) in [6, 6.07) is 61.9. The van der Waals surface area contributed by atoms with Crippen LogP contribution in [0.2, 0.25) is 0 Å². The number of benzene rings is 4. The zero-order valence-electron chi connectivity index (χ0n) is 74.4. The number of halogens is 12. The van der Waals surface area contributed by atoms with Crippen LogP contribution in [0, 0.1) is 0 Å². The summed E-state index contributed by atoms with van der Waals surface area (Å²) in [7, 11) is -21.3. The van der Waals surface area contributed by atoms with E-state index in [0.717, 1.165) is 44.5 Å². The van der Waals surface area contributed by atoms with E-state index in [0.29, 0.717) is 67.8 Å².